The highest BCUT2D eigenvalue weighted by molar-refractivity contribution is 7.12. The zero-order valence-electron chi connectivity index (χ0n) is 15.9. The number of rotatable bonds is 5. The van der Waals surface area contributed by atoms with Gasteiger partial charge in [-0.1, -0.05) is 36.4 Å². The molecular formula is C23H17N5OS. The second-order valence-electron chi connectivity index (χ2n) is 6.78. The minimum atomic E-state index is -0.102. The van der Waals surface area contributed by atoms with Gasteiger partial charge in [-0.2, -0.15) is 5.10 Å². The molecule has 0 fully saturated rings. The average molecular weight is 411 g/mol. The van der Waals surface area contributed by atoms with Gasteiger partial charge in [0.25, 0.3) is 5.91 Å². The van der Waals surface area contributed by atoms with Gasteiger partial charge in [-0.05, 0) is 34.2 Å². The van der Waals surface area contributed by atoms with Crippen molar-refractivity contribution >= 4 is 22.9 Å². The Morgan fingerprint density at radius 3 is 2.73 bits per heavy atom. The fourth-order valence-electron chi connectivity index (χ4n) is 3.22. The van der Waals surface area contributed by atoms with Crippen LogP contribution in [0.5, 0.6) is 0 Å². The van der Waals surface area contributed by atoms with Crippen LogP contribution in [-0.4, -0.2) is 25.5 Å². The minimum Gasteiger partial charge on any atom is -0.347 e. The molecule has 0 spiro atoms. The van der Waals surface area contributed by atoms with Crippen molar-refractivity contribution in [2.75, 3.05) is 0 Å². The molecule has 0 saturated carbocycles. The van der Waals surface area contributed by atoms with Gasteiger partial charge in [0, 0.05) is 42.5 Å². The number of benzene rings is 1. The highest BCUT2D eigenvalue weighted by Crippen LogP contribution is 2.28. The molecule has 0 unspecified atom stereocenters. The first kappa shape index (κ1) is 18.2. The molecule has 0 aliphatic carbocycles. The summed E-state index contributed by atoms with van der Waals surface area (Å²) in [7, 11) is 0. The van der Waals surface area contributed by atoms with Crippen LogP contribution < -0.4 is 5.32 Å². The van der Waals surface area contributed by atoms with Crippen LogP contribution in [0.4, 0.5) is 0 Å². The van der Waals surface area contributed by atoms with Gasteiger partial charge in [0.2, 0.25) is 0 Å². The maximum absolute atomic E-state index is 12.5. The Bertz CT molecular complexity index is 1310. The van der Waals surface area contributed by atoms with E-state index < -0.39 is 0 Å². The molecule has 1 aromatic carbocycles. The number of pyridine rings is 1. The van der Waals surface area contributed by atoms with Gasteiger partial charge in [-0.25, -0.2) is 9.50 Å². The van der Waals surface area contributed by atoms with Gasteiger partial charge >= 0.3 is 0 Å². The maximum Gasteiger partial charge on any atom is 0.261 e. The molecule has 0 aliphatic rings. The van der Waals surface area contributed by atoms with E-state index in [0.717, 1.165) is 33.5 Å². The van der Waals surface area contributed by atoms with Crippen LogP contribution in [0.15, 0.2) is 84.9 Å². The molecule has 1 N–H and O–H groups in total. The highest BCUT2D eigenvalue weighted by atomic mass is 32.1. The third kappa shape index (κ3) is 3.58. The van der Waals surface area contributed by atoms with E-state index in [1.165, 1.54) is 11.3 Å². The van der Waals surface area contributed by atoms with Gasteiger partial charge in [-0.15, -0.1) is 11.3 Å². The van der Waals surface area contributed by atoms with Crippen molar-refractivity contribution in [1.82, 2.24) is 24.9 Å². The topological polar surface area (TPSA) is 72.2 Å². The number of nitrogens with zero attached hydrogens (tertiary/aromatic N) is 4. The lowest BCUT2D eigenvalue weighted by molar-refractivity contribution is 0.0955. The fraction of sp³-hybridized carbons (Fsp3) is 0.0435. The molecule has 146 valence electrons. The lowest BCUT2D eigenvalue weighted by atomic mass is 10.1. The van der Waals surface area contributed by atoms with Crippen molar-refractivity contribution in [3.63, 3.8) is 0 Å². The number of nitrogens with one attached hydrogen (secondary N) is 1. The summed E-state index contributed by atoms with van der Waals surface area (Å²) in [5.74, 6) is -0.102. The van der Waals surface area contributed by atoms with E-state index in [1.54, 1.807) is 16.9 Å². The molecule has 5 rings (SSSR count). The lowest BCUT2D eigenvalue weighted by Gasteiger charge is -2.03. The number of carbonyl (C=O) groups excluding carboxylic acids is 1. The lowest BCUT2D eigenvalue weighted by Crippen LogP contribution is -2.21. The van der Waals surface area contributed by atoms with Gasteiger partial charge in [0.05, 0.1) is 11.1 Å². The molecule has 0 bridgehead atoms. The van der Waals surface area contributed by atoms with Crippen molar-refractivity contribution in [3.05, 3.63) is 95.3 Å². The van der Waals surface area contributed by atoms with Crippen molar-refractivity contribution in [3.8, 4) is 22.3 Å². The van der Waals surface area contributed by atoms with E-state index in [0.29, 0.717) is 11.4 Å². The van der Waals surface area contributed by atoms with E-state index in [1.807, 2.05) is 72.5 Å². The number of carbonyl (C=O) groups is 1. The Balaban J connectivity index is 1.36. The monoisotopic (exact) mass is 411 g/mol. The molecular weight excluding hydrogens is 394 g/mol. The van der Waals surface area contributed by atoms with Crippen molar-refractivity contribution < 1.29 is 4.79 Å². The summed E-state index contributed by atoms with van der Waals surface area (Å²) >= 11 is 1.41. The van der Waals surface area contributed by atoms with Crippen LogP contribution in [0.1, 0.15) is 15.2 Å². The number of hydrogen-bond donors (Lipinski definition) is 1. The van der Waals surface area contributed by atoms with Crippen LogP contribution in [0.3, 0.4) is 0 Å². The summed E-state index contributed by atoms with van der Waals surface area (Å²) in [4.78, 5) is 21.8. The Morgan fingerprint density at radius 1 is 1.00 bits per heavy atom. The minimum absolute atomic E-state index is 0.102. The zero-order chi connectivity index (χ0) is 20.3. The van der Waals surface area contributed by atoms with Gasteiger partial charge < -0.3 is 5.32 Å². The largest absolute Gasteiger partial charge is 0.347 e. The van der Waals surface area contributed by atoms with Crippen molar-refractivity contribution in [1.29, 1.82) is 0 Å². The fourth-order valence-corrected chi connectivity index (χ4v) is 4.06. The Morgan fingerprint density at radius 2 is 1.90 bits per heavy atom. The number of thiophene rings is 1. The van der Waals surface area contributed by atoms with Crippen molar-refractivity contribution in [2.24, 2.45) is 0 Å². The molecule has 1 amide bonds. The van der Waals surface area contributed by atoms with Crippen LogP contribution in [0.25, 0.3) is 27.9 Å². The SMILES string of the molecule is O=C(NCc1cccnc1)c1cc(-c2cnc3c(-c4ccccc4)cnn3c2)cs1. The molecule has 6 nitrogen and oxygen atoms in total. The summed E-state index contributed by atoms with van der Waals surface area (Å²) < 4.78 is 1.78. The van der Waals surface area contributed by atoms with Crippen molar-refractivity contribution in [2.45, 2.75) is 6.54 Å². The molecule has 30 heavy (non-hydrogen) atoms. The second-order valence-corrected chi connectivity index (χ2v) is 7.69. The third-order valence-electron chi connectivity index (χ3n) is 4.77. The smallest absolute Gasteiger partial charge is 0.261 e. The van der Waals surface area contributed by atoms with Gasteiger partial charge in [0.1, 0.15) is 0 Å². The Hall–Kier alpha value is -3.84. The van der Waals surface area contributed by atoms with E-state index in [9.17, 15) is 4.79 Å². The third-order valence-corrected chi connectivity index (χ3v) is 5.70. The molecule has 5 aromatic rings. The quantitative estimate of drug-likeness (QED) is 0.464. The van der Waals surface area contributed by atoms with E-state index in [2.05, 4.69) is 20.4 Å². The molecule has 4 heterocycles. The van der Waals surface area contributed by atoms with Gasteiger partial charge in [0.15, 0.2) is 5.65 Å². The molecule has 0 atom stereocenters. The summed E-state index contributed by atoms with van der Waals surface area (Å²) in [6.45, 7) is 0.447. The van der Waals surface area contributed by atoms with Gasteiger partial charge in [-0.3, -0.25) is 9.78 Å². The predicted molar refractivity (Wildman–Crippen MR) is 117 cm³/mol. The number of amides is 1. The Kier molecular flexibility index (Phi) is 4.78. The normalized spacial score (nSPS) is 10.9. The summed E-state index contributed by atoms with van der Waals surface area (Å²) in [6.07, 6.45) is 9.04. The first-order chi connectivity index (χ1) is 14.8. The van der Waals surface area contributed by atoms with E-state index >= 15 is 0 Å². The first-order valence-corrected chi connectivity index (χ1v) is 10.3. The van der Waals surface area contributed by atoms with Crippen LogP contribution in [0.2, 0.25) is 0 Å². The molecule has 0 radical (unpaired) electrons. The van der Waals surface area contributed by atoms with Crippen LogP contribution in [0, 0.1) is 0 Å². The summed E-state index contributed by atoms with van der Waals surface area (Å²) in [5, 5.41) is 9.35. The molecule has 4 aromatic heterocycles. The van der Waals surface area contributed by atoms with E-state index in [-0.39, 0.29) is 5.91 Å². The Labute approximate surface area is 176 Å². The summed E-state index contributed by atoms with van der Waals surface area (Å²) in [5.41, 5.74) is 5.68. The second kappa shape index (κ2) is 7.88. The highest BCUT2D eigenvalue weighted by Gasteiger charge is 2.13. The number of fused-ring (bicyclic) bond motifs is 1. The first-order valence-electron chi connectivity index (χ1n) is 9.43. The van der Waals surface area contributed by atoms with Crippen LogP contribution in [-0.2, 0) is 6.54 Å². The predicted octanol–water partition coefficient (Wildman–Crippen LogP) is 4.45. The number of hydrogen-bond acceptors (Lipinski definition) is 5. The molecule has 0 aliphatic heterocycles. The summed E-state index contributed by atoms with van der Waals surface area (Å²) in [6, 6.07) is 15.7. The van der Waals surface area contributed by atoms with Crippen LogP contribution >= 0.6 is 11.3 Å². The zero-order valence-corrected chi connectivity index (χ0v) is 16.7. The molecule has 0 saturated heterocycles. The standard InChI is InChI=1S/C23H17N5OS/c29-23(26-11-16-5-4-8-24-10-16)21-9-18(15-30-21)19-12-25-22-20(13-27-28(22)14-19)17-6-2-1-3-7-17/h1-10,12-15H,11H2,(H,26,29). The number of aromatic nitrogens is 4. The maximum atomic E-state index is 12.5. The average Bonchev–Trinajstić information content (AvgIpc) is 3.46. The molecule has 7 heteroatoms. The van der Waals surface area contributed by atoms with E-state index in [4.69, 9.17) is 0 Å².